The van der Waals surface area contributed by atoms with Gasteiger partial charge in [0.2, 0.25) is 11.4 Å². The van der Waals surface area contributed by atoms with Crippen LogP contribution < -0.4 is 25.2 Å². The van der Waals surface area contributed by atoms with Gasteiger partial charge in [0.15, 0.2) is 0 Å². The van der Waals surface area contributed by atoms with Crippen LogP contribution >= 0.6 is 0 Å². The molecule has 6 rings (SSSR count). The number of pyridine rings is 2. The number of fused-ring (bicyclic) bond motifs is 2. The quantitative estimate of drug-likeness (QED) is 0.324. The zero-order chi connectivity index (χ0) is 26.1. The Bertz CT molecular complexity index is 1520. The zero-order valence-corrected chi connectivity index (χ0v) is 21.4. The summed E-state index contributed by atoms with van der Waals surface area (Å²) in [6, 6.07) is 21.8. The van der Waals surface area contributed by atoms with Crippen LogP contribution in [0.3, 0.4) is 0 Å². The fourth-order valence-corrected chi connectivity index (χ4v) is 5.16. The van der Waals surface area contributed by atoms with E-state index in [1.54, 1.807) is 19.4 Å². The molecule has 0 bridgehead atoms. The van der Waals surface area contributed by atoms with Crippen LogP contribution in [0.2, 0.25) is 0 Å². The third-order valence-electron chi connectivity index (χ3n) is 7.10. The maximum atomic E-state index is 11.8. The van der Waals surface area contributed by atoms with E-state index in [2.05, 4.69) is 51.4 Å². The highest BCUT2D eigenvalue weighted by Crippen LogP contribution is 2.43. The van der Waals surface area contributed by atoms with Gasteiger partial charge < -0.3 is 29.4 Å². The topological polar surface area (TPSA) is 88.7 Å². The highest BCUT2D eigenvalue weighted by Gasteiger charge is 2.29. The first kappa shape index (κ1) is 24.1. The molecule has 0 radical (unpaired) electrons. The maximum absolute atomic E-state index is 11.8. The number of anilines is 2. The van der Waals surface area contributed by atoms with E-state index in [0.29, 0.717) is 19.0 Å². The number of para-hydroxylation sites is 1. The monoisotopic (exact) mass is 510 g/mol. The molecule has 4 heterocycles. The first-order valence-corrected chi connectivity index (χ1v) is 12.8. The van der Waals surface area contributed by atoms with E-state index in [0.717, 1.165) is 58.2 Å². The lowest BCUT2D eigenvalue weighted by atomic mass is 9.95. The average Bonchev–Trinajstić information content (AvgIpc) is 2.96. The summed E-state index contributed by atoms with van der Waals surface area (Å²) in [6.07, 6.45) is 2.30. The molecule has 2 aliphatic rings. The van der Waals surface area contributed by atoms with Crippen LogP contribution in [0.4, 0.5) is 11.4 Å². The van der Waals surface area contributed by atoms with Gasteiger partial charge in [-0.1, -0.05) is 24.3 Å². The number of aromatic nitrogens is 2. The number of nitrogens with zero attached hydrogens (tertiary/aromatic N) is 2. The van der Waals surface area contributed by atoms with Crippen molar-refractivity contribution >= 4 is 11.4 Å². The highest BCUT2D eigenvalue weighted by atomic mass is 16.5. The molecule has 0 amide bonds. The molecule has 2 unspecified atom stereocenters. The Labute approximate surface area is 221 Å². The number of nitrogens with one attached hydrogen (secondary N) is 2. The smallest absolute Gasteiger partial charge is 0.249 e. The number of aromatic amines is 1. The van der Waals surface area contributed by atoms with Gasteiger partial charge in [-0.15, -0.1) is 0 Å². The van der Waals surface area contributed by atoms with Crippen LogP contribution in [-0.2, 0) is 11.2 Å². The third-order valence-corrected chi connectivity index (χ3v) is 7.10. The van der Waals surface area contributed by atoms with Crippen molar-refractivity contribution in [3.8, 4) is 17.4 Å². The van der Waals surface area contributed by atoms with Gasteiger partial charge in [0.25, 0.3) is 0 Å². The summed E-state index contributed by atoms with van der Waals surface area (Å²) in [5.74, 6) is 2.32. The molecular weight excluding hydrogens is 480 g/mol. The zero-order valence-electron chi connectivity index (χ0n) is 21.4. The number of benzene rings is 2. The fourth-order valence-electron chi connectivity index (χ4n) is 5.16. The molecule has 0 spiro atoms. The first-order chi connectivity index (χ1) is 18.6. The van der Waals surface area contributed by atoms with Crippen LogP contribution in [0.25, 0.3) is 0 Å². The van der Waals surface area contributed by atoms with Crippen LogP contribution in [0.1, 0.15) is 41.5 Å². The molecule has 38 heavy (non-hydrogen) atoms. The van der Waals surface area contributed by atoms with Gasteiger partial charge >= 0.3 is 0 Å². The number of H-pyrrole nitrogens is 1. The molecule has 2 atom stereocenters. The average molecular weight is 511 g/mol. The van der Waals surface area contributed by atoms with E-state index < -0.39 is 0 Å². The number of hydrogen-bond donors (Lipinski definition) is 2. The van der Waals surface area contributed by atoms with E-state index in [1.165, 1.54) is 0 Å². The van der Waals surface area contributed by atoms with Crippen LogP contribution in [0.15, 0.2) is 77.7 Å². The van der Waals surface area contributed by atoms with Crippen molar-refractivity contribution in [1.29, 1.82) is 0 Å². The molecular formula is C30H30N4O4. The van der Waals surface area contributed by atoms with E-state index >= 15 is 0 Å². The minimum atomic E-state index is -0.156. The molecule has 8 heteroatoms. The number of rotatable bonds is 6. The minimum absolute atomic E-state index is 0.0122. The number of hydrogen-bond acceptors (Lipinski definition) is 7. The Morgan fingerprint density at radius 1 is 1.11 bits per heavy atom. The number of ether oxygens (including phenoxy) is 3. The molecule has 1 fully saturated rings. The summed E-state index contributed by atoms with van der Waals surface area (Å²) in [7, 11) is 1.62. The standard InChI is InChI=1S/C30H30N4O4/c1-19(25-7-4-8-29(33-25)36-2)32-22-9-10-26-21(16-22)15-20-5-3-6-24(30(20)38-26)27-18-34(13-14-37-27)23-11-12-31-28(35)17-23/h3-12,16-17,19,27,32H,13-15,18H2,1-2H3,(H,31,35). The Balaban J connectivity index is 1.21. The lowest BCUT2D eigenvalue weighted by Gasteiger charge is -2.36. The van der Waals surface area contributed by atoms with Crippen molar-refractivity contribution in [2.24, 2.45) is 0 Å². The summed E-state index contributed by atoms with van der Waals surface area (Å²) < 4.78 is 17.9. The molecule has 0 saturated carbocycles. The Hall–Kier alpha value is -4.30. The minimum Gasteiger partial charge on any atom is -0.481 e. The largest absolute Gasteiger partial charge is 0.481 e. The van der Waals surface area contributed by atoms with Crippen molar-refractivity contribution in [3.63, 3.8) is 0 Å². The van der Waals surface area contributed by atoms with Gasteiger partial charge in [0, 0.05) is 60.3 Å². The normalized spacial score (nSPS) is 17.1. The van der Waals surface area contributed by atoms with Crippen molar-refractivity contribution in [3.05, 3.63) is 106 Å². The van der Waals surface area contributed by atoms with Crippen LogP contribution in [-0.4, -0.2) is 36.8 Å². The maximum Gasteiger partial charge on any atom is 0.249 e. The van der Waals surface area contributed by atoms with Crippen LogP contribution in [0.5, 0.6) is 17.4 Å². The Morgan fingerprint density at radius 3 is 2.87 bits per heavy atom. The Morgan fingerprint density at radius 2 is 2.00 bits per heavy atom. The SMILES string of the molecule is COc1cccc(C(C)Nc2ccc3c(c2)Cc2cccc(C4CN(c5cc[nH]c(=O)c5)CCO4)c2O3)n1. The molecule has 2 aliphatic heterocycles. The van der Waals surface area contributed by atoms with Gasteiger partial charge in [0.1, 0.15) is 17.6 Å². The second-order valence-electron chi connectivity index (χ2n) is 9.62. The van der Waals surface area contributed by atoms with Gasteiger partial charge in [0.05, 0.1) is 25.5 Å². The highest BCUT2D eigenvalue weighted by molar-refractivity contribution is 5.59. The van der Waals surface area contributed by atoms with E-state index in [-0.39, 0.29) is 17.7 Å². The summed E-state index contributed by atoms with van der Waals surface area (Å²) >= 11 is 0. The van der Waals surface area contributed by atoms with E-state index in [1.807, 2.05) is 36.4 Å². The van der Waals surface area contributed by atoms with Crippen LogP contribution in [0, 0.1) is 0 Å². The van der Waals surface area contributed by atoms with Crippen molar-refractivity contribution in [2.45, 2.75) is 25.5 Å². The van der Waals surface area contributed by atoms with Gasteiger partial charge in [-0.3, -0.25) is 4.79 Å². The molecule has 2 aromatic carbocycles. The second-order valence-corrected chi connectivity index (χ2v) is 9.62. The molecule has 0 aliphatic carbocycles. The predicted molar refractivity (Wildman–Crippen MR) is 147 cm³/mol. The fraction of sp³-hybridized carbons (Fsp3) is 0.267. The van der Waals surface area contributed by atoms with Crippen molar-refractivity contribution in [1.82, 2.24) is 9.97 Å². The molecule has 4 aromatic rings. The van der Waals surface area contributed by atoms with Crippen molar-refractivity contribution < 1.29 is 14.2 Å². The third kappa shape index (κ3) is 4.82. The van der Waals surface area contributed by atoms with E-state index in [4.69, 9.17) is 14.2 Å². The molecule has 2 aromatic heterocycles. The lowest BCUT2D eigenvalue weighted by Crippen LogP contribution is -2.39. The van der Waals surface area contributed by atoms with Gasteiger partial charge in [-0.25, -0.2) is 4.98 Å². The summed E-state index contributed by atoms with van der Waals surface area (Å²) in [6.45, 7) is 4.04. The number of morpholine rings is 1. The molecule has 2 N–H and O–H groups in total. The molecule has 8 nitrogen and oxygen atoms in total. The lowest BCUT2D eigenvalue weighted by molar-refractivity contribution is 0.0384. The second kappa shape index (κ2) is 10.2. The summed E-state index contributed by atoms with van der Waals surface area (Å²) in [5.41, 5.74) is 6.00. The van der Waals surface area contributed by atoms with E-state index in [9.17, 15) is 4.79 Å². The molecule has 194 valence electrons. The Kier molecular flexibility index (Phi) is 6.47. The van der Waals surface area contributed by atoms with Crippen molar-refractivity contribution in [2.75, 3.05) is 37.0 Å². The first-order valence-electron chi connectivity index (χ1n) is 12.8. The number of methoxy groups -OCH3 is 1. The summed E-state index contributed by atoms with van der Waals surface area (Å²) in [5, 5.41) is 3.55. The predicted octanol–water partition coefficient (Wildman–Crippen LogP) is 5.23. The molecule has 1 saturated heterocycles. The summed E-state index contributed by atoms with van der Waals surface area (Å²) in [4.78, 5) is 21.2. The van der Waals surface area contributed by atoms with Gasteiger partial charge in [-0.05, 0) is 42.8 Å². The van der Waals surface area contributed by atoms with Gasteiger partial charge in [-0.2, -0.15) is 0 Å².